The lowest BCUT2D eigenvalue weighted by atomic mass is 9.78. The van der Waals surface area contributed by atoms with Crippen LogP contribution in [-0.4, -0.2) is 31.1 Å². The Labute approximate surface area is 238 Å². The molecule has 1 fully saturated rings. The molecule has 0 spiro atoms. The number of phenols is 1. The van der Waals surface area contributed by atoms with Gasteiger partial charge >= 0.3 is 6.18 Å². The highest BCUT2D eigenvalue weighted by Crippen LogP contribution is 2.43. The van der Waals surface area contributed by atoms with Gasteiger partial charge in [-0.25, -0.2) is 15.0 Å². The maximum absolute atomic E-state index is 13.0. The van der Waals surface area contributed by atoms with Crippen LogP contribution in [0.4, 0.5) is 24.8 Å². The van der Waals surface area contributed by atoms with E-state index in [-0.39, 0.29) is 23.5 Å². The fourth-order valence-corrected chi connectivity index (χ4v) is 5.95. The zero-order chi connectivity index (χ0) is 29.2. The summed E-state index contributed by atoms with van der Waals surface area (Å²) in [5.41, 5.74) is 0.784. The van der Waals surface area contributed by atoms with Gasteiger partial charge in [-0.05, 0) is 79.6 Å². The van der Waals surface area contributed by atoms with E-state index in [0.29, 0.717) is 42.9 Å². The molecule has 214 valence electrons. The Morgan fingerprint density at radius 3 is 2.63 bits per heavy atom. The van der Waals surface area contributed by atoms with E-state index in [1.807, 2.05) is 19.1 Å². The predicted octanol–water partition coefficient (Wildman–Crippen LogP) is 6.07. The van der Waals surface area contributed by atoms with E-state index in [0.717, 1.165) is 33.8 Å². The summed E-state index contributed by atoms with van der Waals surface area (Å²) in [4.78, 5) is 25.5. The highest BCUT2D eigenvalue weighted by Gasteiger charge is 2.39. The molecule has 8 nitrogen and oxygen atoms in total. The normalized spacial score (nSPS) is 19.1. The minimum absolute atomic E-state index is 0.0836. The number of phenolic OH excluding ortho intramolecular Hbond substituents is 1. The summed E-state index contributed by atoms with van der Waals surface area (Å²) in [5.74, 6) is -0.334. The van der Waals surface area contributed by atoms with Crippen molar-refractivity contribution in [2.45, 2.75) is 50.9 Å². The Hall–Kier alpha value is -4.03. The van der Waals surface area contributed by atoms with Crippen molar-refractivity contribution in [1.29, 1.82) is 0 Å². The molecule has 4 N–H and O–H groups in total. The van der Waals surface area contributed by atoms with Crippen LogP contribution < -0.4 is 10.6 Å². The number of rotatable bonds is 7. The lowest BCUT2D eigenvalue weighted by Gasteiger charge is -2.33. The fourth-order valence-electron chi connectivity index (χ4n) is 4.90. The highest BCUT2D eigenvalue weighted by molar-refractivity contribution is 7.15. The third-order valence-corrected chi connectivity index (χ3v) is 8.27. The SMILES string of the molecule is Cc1cc(Nc2nccc(C(F)(F)F)n2)cc(-c2cnc(C3(O)CCC(C(=O)NCc4cccc(O)c4)CC3)s2)c1. The minimum atomic E-state index is -4.58. The first-order chi connectivity index (χ1) is 19.5. The molecule has 1 aliphatic carbocycles. The number of amides is 1. The second-order valence-corrected chi connectivity index (χ2v) is 11.2. The molecule has 0 atom stereocenters. The number of thiazole rings is 1. The van der Waals surface area contributed by atoms with E-state index >= 15 is 0 Å². The molecule has 2 aromatic heterocycles. The molecule has 0 unspecified atom stereocenters. The Bertz CT molecular complexity index is 1550. The highest BCUT2D eigenvalue weighted by atomic mass is 32.1. The van der Waals surface area contributed by atoms with Crippen LogP contribution in [0.5, 0.6) is 5.75 Å². The standard InChI is InChI=1S/C29H28F3N5O3S/c1-17-11-20(14-21(12-17)36-27-33-10-7-24(37-27)29(30,31)32)23-16-35-26(41-23)28(40)8-5-19(6-9-28)25(39)34-15-18-3-2-4-22(38)13-18/h2-4,7,10-14,16,19,38,40H,5-6,8-9,15H2,1H3,(H,34,39)(H,33,36,37). The van der Waals surface area contributed by atoms with Crippen molar-refractivity contribution in [3.05, 3.63) is 82.8 Å². The van der Waals surface area contributed by atoms with Gasteiger partial charge in [-0.2, -0.15) is 13.2 Å². The molecule has 41 heavy (non-hydrogen) atoms. The number of carbonyl (C=O) groups is 1. The number of halogens is 3. The van der Waals surface area contributed by atoms with Crippen molar-refractivity contribution in [2.24, 2.45) is 5.92 Å². The van der Waals surface area contributed by atoms with Gasteiger partial charge in [0, 0.05) is 30.5 Å². The van der Waals surface area contributed by atoms with Crippen LogP contribution in [-0.2, 0) is 23.1 Å². The number of aromatic nitrogens is 3. The molecule has 0 bridgehead atoms. The first-order valence-corrected chi connectivity index (χ1v) is 13.8. The van der Waals surface area contributed by atoms with Crippen LogP contribution in [0.25, 0.3) is 10.4 Å². The van der Waals surface area contributed by atoms with Crippen LogP contribution in [0.3, 0.4) is 0 Å². The number of aromatic hydroxyl groups is 1. The second-order valence-electron chi connectivity index (χ2n) is 10.2. The van der Waals surface area contributed by atoms with Gasteiger partial charge in [-0.15, -0.1) is 11.3 Å². The quantitative estimate of drug-likeness (QED) is 0.208. The van der Waals surface area contributed by atoms with Crippen molar-refractivity contribution in [3.8, 4) is 16.2 Å². The van der Waals surface area contributed by atoms with Crippen molar-refractivity contribution in [3.63, 3.8) is 0 Å². The molecule has 1 aliphatic rings. The van der Waals surface area contributed by atoms with Crippen LogP contribution >= 0.6 is 11.3 Å². The Morgan fingerprint density at radius 2 is 1.90 bits per heavy atom. The van der Waals surface area contributed by atoms with E-state index in [1.165, 1.54) is 11.3 Å². The number of nitrogens with one attached hydrogen (secondary N) is 2. The number of aryl methyl sites for hydroxylation is 1. The first kappa shape index (κ1) is 28.5. The largest absolute Gasteiger partial charge is 0.508 e. The second kappa shape index (κ2) is 11.5. The van der Waals surface area contributed by atoms with Gasteiger partial charge in [-0.1, -0.05) is 18.2 Å². The maximum atomic E-state index is 13.0. The lowest BCUT2D eigenvalue weighted by Crippen LogP contribution is -2.38. The van der Waals surface area contributed by atoms with E-state index in [1.54, 1.807) is 36.5 Å². The van der Waals surface area contributed by atoms with Gasteiger partial charge in [0.2, 0.25) is 11.9 Å². The molecule has 5 rings (SSSR count). The zero-order valence-electron chi connectivity index (χ0n) is 22.1. The van der Waals surface area contributed by atoms with Crippen molar-refractivity contribution in [2.75, 3.05) is 5.32 Å². The number of aliphatic hydroxyl groups is 1. The summed E-state index contributed by atoms with van der Waals surface area (Å²) in [6.07, 6.45) is -0.0644. The molecule has 4 aromatic rings. The van der Waals surface area contributed by atoms with Crippen molar-refractivity contribution < 1.29 is 28.2 Å². The number of nitrogens with zero attached hydrogens (tertiary/aromatic N) is 3. The molecule has 2 heterocycles. The average molecular weight is 584 g/mol. The summed E-state index contributed by atoms with van der Waals surface area (Å²) in [5, 5.41) is 27.3. The number of anilines is 2. The van der Waals surface area contributed by atoms with Gasteiger partial charge in [-0.3, -0.25) is 4.79 Å². The number of hydrogen-bond donors (Lipinski definition) is 4. The minimum Gasteiger partial charge on any atom is -0.508 e. The maximum Gasteiger partial charge on any atom is 0.433 e. The summed E-state index contributed by atoms with van der Waals surface area (Å²) >= 11 is 1.35. The molecule has 12 heteroatoms. The molecule has 0 aliphatic heterocycles. The topological polar surface area (TPSA) is 120 Å². The first-order valence-electron chi connectivity index (χ1n) is 13.0. The van der Waals surface area contributed by atoms with Gasteiger partial charge in [0.1, 0.15) is 22.1 Å². The fraction of sp³-hybridized carbons (Fsp3) is 0.310. The van der Waals surface area contributed by atoms with Crippen molar-refractivity contribution in [1.82, 2.24) is 20.3 Å². The van der Waals surface area contributed by atoms with Gasteiger partial charge in [0.15, 0.2) is 0 Å². The van der Waals surface area contributed by atoms with Gasteiger partial charge in [0.25, 0.3) is 0 Å². The monoisotopic (exact) mass is 583 g/mol. The Morgan fingerprint density at radius 1 is 1.12 bits per heavy atom. The van der Waals surface area contributed by atoms with Gasteiger partial charge < -0.3 is 20.8 Å². The number of carbonyl (C=O) groups excluding carboxylic acids is 1. The Kier molecular flexibility index (Phi) is 7.96. The molecular formula is C29H28F3N5O3S. The molecule has 1 saturated carbocycles. The van der Waals surface area contributed by atoms with E-state index in [9.17, 15) is 28.2 Å². The van der Waals surface area contributed by atoms with Crippen LogP contribution in [0, 0.1) is 12.8 Å². The van der Waals surface area contributed by atoms with E-state index < -0.39 is 17.5 Å². The third kappa shape index (κ3) is 6.83. The van der Waals surface area contributed by atoms with Crippen LogP contribution in [0.1, 0.15) is 47.5 Å². The van der Waals surface area contributed by atoms with E-state index in [2.05, 4.69) is 25.6 Å². The van der Waals surface area contributed by atoms with Gasteiger partial charge in [0.05, 0.1) is 4.88 Å². The molecular weight excluding hydrogens is 555 g/mol. The van der Waals surface area contributed by atoms with Crippen LogP contribution in [0.2, 0.25) is 0 Å². The average Bonchev–Trinajstić information content (AvgIpc) is 3.43. The molecule has 2 aromatic carbocycles. The number of hydrogen-bond acceptors (Lipinski definition) is 8. The van der Waals surface area contributed by atoms with Crippen molar-refractivity contribution >= 4 is 28.9 Å². The number of alkyl halides is 3. The summed E-state index contributed by atoms with van der Waals surface area (Å²) < 4.78 is 39.1. The smallest absolute Gasteiger partial charge is 0.433 e. The number of benzene rings is 2. The third-order valence-electron chi connectivity index (χ3n) is 7.03. The Balaban J connectivity index is 1.24. The summed E-state index contributed by atoms with van der Waals surface area (Å²) in [6, 6.07) is 13.0. The molecule has 0 radical (unpaired) electrons. The predicted molar refractivity (Wildman–Crippen MR) is 148 cm³/mol. The molecule has 1 amide bonds. The van der Waals surface area contributed by atoms with Crippen LogP contribution in [0.15, 0.2) is 60.9 Å². The lowest BCUT2D eigenvalue weighted by molar-refractivity contribution is -0.141. The summed E-state index contributed by atoms with van der Waals surface area (Å²) in [7, 11) is 0. The zero-order valence-corrected chi connectivity index (χ0v) is 22.9. The molecule has 0 saturated heterocycles. The summed E-state index contributed by atoms with van der Waals surface area (Å²) in [6.45, 7) is 2.18. The van der Waals surface area contributed by atoms with E-state index in [4.69, 9.17) is 0 Å².